The average Bonchev–Trinajstić information content (AvgIpc) is 3.24. The topological polar surface area (TPSA) is 104 Å². The third-order valence-electron chi connectivity index (χ3n) is 8.96. The molecule has 7 rings (SSSR count). The predicted octanol–water partition coefficient (Wildman–Crippen LogP) is 1.93. The molecule has 2 aromatic heterocycles. The van der Waals surface area contributed by atoms with Crippen LogP contribution in [-0.2, 0) is 21.2 Å². The number of sulfonamides is 1. The van der Waals surface area contributed by atoms with E-state index in [9.17, 15) is 18.0 Å². The van der Waals surface area contributed by atoms with E-state index in [2.05, 4.69) is 10.3 Å². The predicted molar refractivity (Wildman–Crippen MR) is 135 cm³/mol. The summed E-state index contributed by atoms with van der Waals surface area (Å²) in [5, 5.41) is 3.25. The summed E-state index contributed by atoms with van der Waals surface area (Å²) in [7, 11) is -3.24. The Labute approximate surface area is 212 Å². The van der Waals surface area contributed by atoms with Crippen LogP contribution in [0, 0.1) is 23.2 Å². The first-order chi connectivity index (χ1) is 17.2. The standard InChI is InChI=1S/C26H35N5O4S/c1-36(34,35)30-7-5-29(6-8-30)24(32)12-21-16-31-22(3-2-4-23(31)28-21)25(33)27-17-26-13-18-9-19(14-26)11-20(10-18)15-26/h2-4,16,18-20H,5-15,17H2,1H3,(H,27,33). The molecule has 0 radical (unpaired) electrons. The normalized spacial score (nSPS) is 30.1. The molecule has 0 atom stereocenters. The van der Waals surface area contributed by atoms with Crippen LogP contribution in [0.15, 0.2) is 24.4 Å². The van der Waals surface area contributed by atoms with Gasteiger partial charge >= 0.3 is 0 Å². The van der Waals surface area contributed by atoms with Gasteiger partial charge in [-0.15, -0.1) is 0 Å². The van der Waals surface area contributed by atoms with Gasteiger partial charge in [-0.25, -0.2) is 13.4 Å². The number of nitrogens with one attached hydrogen (secondary N) is 1. The molecular formula is C26H35N5O4S. The third-order valence-corrected chi connectivity index (χ3v) is 10.3. The van der Waals surface area contributed by atoms with Crippen molar-refractivity contribution in [2.24, 2.45) is 23.2 Å². The highest BCUT2D eigenvalue weighted by Gasteiger charge is 2.50. The van der Waals surface area contributed by atoms with Crippen molar-refractivity contribution >= 4 is 27.5 Å². The van der Waals surface area contributed by atoms with Gasteiger partial charge in [0.25, 0.3) is 5.91 Å². The molecule has 4 saturated carbocycles. The molecule has 0 unspecified atom stereocenters. The highest BCUT2D eigenvalue weighted by molar-refractivity contribution is 7.88. The van der Waals surface area contributed by atoms with Crippen molar-refractivity contribution in [2.45, 2.75) is 44.9 Å². The maximum Gasteiger partial charge on any atom is 0.268 e. The Hall–Kier alpha value is -2.46. The summed E-state index contributed by atoms with van der Waals surface area (Å²) in [4.78, 5) is 32.4. The Kier molecular flexibility index (Phi) is 5.87. The number of nitrogens with zero attached hydrogens (tertiary/aromatic N) is 4. The maximum atomic E-state index is 13.3. The van der Waals surface area contributed by atoms with E-state index in [0.717, 1.165) is 24.3 Å². The fourth-order valence-corrected chi connectivity index (χ4v) is 8.56. The average molecular weight is 514 g/mol. The first-order valence-corrected chi connectivity index (χ1v) is 15.0. The highest BCUT2D eigenvalue weighted by atomic mass is 32.2. The maximum absolute atomic E-state index is 13.3. The van der Waals surface area contributed by atoms with Gasteiger partial charge in [0.05, 0.1) is 18.4 Å². The second kappa shape index (κ2) is 8.83. The van der Waals surface area contributed by atoms with E-state index in [-0.39, 0.29) is 23.7 Å². The number of aromatic nitrogens is 2. The Balaban J connectivity index is 1.11. The van der Waals surface area contributed by atoms with E-state index in [1.165, 1.54) is 49.1 Å². The van der Waals surface area contributed by atoms with Crippen LogP contribution in [0.25, 0.3) is 5.65 Å². The first kappa shape index (κ1) is 23.9. The molecule has 10 heteroatoms. The molecule has 2 amide bonds. The Bertz CT molecular complexity index is 1260. The Morgan fingerprint density at radius 2 is 1.67 bits per heavy atom. The lowest BCUT2D eigenvalue weighted by Gasteiger charge is -2.56. The van der Waals surface area contributed by atoms with Gasteiger partial charge in [-0.1, -0.05) is 6.07 Å². The van der Waals surface area contributed by atoms with Gasteiger partial charge in [0, 0.05) is 38.9 Å². The van der Waals surface area contributed by atoms with Crippen molar-refractivity contribution in [2.75, 3.05) is 39.0 Å². The van der Waals surface area contributed by atoms with Crippen LogP contribution in [0.1, 0.15) is 54.7 Å². The van der Waals surface area contributed by atoms with Gasteiger partial charge in [0.2, 0.25) is 15.9 Å². The van der Waals surface area contributed by atoms with E-state index in [1.54, 1.807) is 21.6 Å². The van der Waals surface area contributed by atoms with Crippen molar-refractivity contribution in [3.05, 3.63) is 35.8 Å². The van der Waals surface area contributed by atoms with Crippen molar-refractivity contribution in [3.8, 4) is 0 Å². The number of pyridine rings is 1. The molecule has 9 nitrogen and oxygen atoms in total. The summed E-state index contributed by atoms with van der Waals surface area (Å²) in [6, 6.07) is 5.48. The minimum atomic E-state index is -3.24. The van der Waals surface area contributed by atoms with Crippen molar-refractivity contribution in [3.63, 3.8) is 0 Å². The number of imidazole rings is 1. The van der Waals surface area contributed by atoms with E-state index in [1.807, 2.05) is 12.1 Å². The van der Waals surface area contributed by atoms with Crippen molar-refractivity contribution in [1.82, 2.24) is 23.9 Å². The smallest absolute Gasteiger partial charge is 0.268 e. The van der Waals surface area contributed by atoms with Crippen LogP contribution in [-0.4, -0.2) is 77.8 Å². The van der Waals surface area contributed by atoms with E-state index in [4.69, 9.17) is 0 Å². The van der Waals surface area contributed by atoms with Crippen LogP contribution in [0.5, 0.6) is 0 Å². The molecule has 36 heavy (non-hydrogen) atoms. The molecule has 1 saturated heterocycles. The van der Waals surface area contributed by atoms with Crippen molar-refractivity contribution < 1.29 is 18.0 Å². The molecule has 194 valence electrons. The molecule has 2 aromatic rings. The zero-order valence-corrected chi connectivity index (χ0v) is 21.7. The summed E-state index contributed by atoms with van der Waals surface area (Å²) in [5.74, 6) is 2.36. The number of hydrogen-bond donors (Lipinski definition) is 1. The van der Waals surface area contributed by atoms with Gasteiger partial charge in [-0.05, 0) is 73.8 Å². The monoisotopic (exact) mass is 513 g/mol. The quantitative estimate of drug-likeness (QED) is 0.636. The van der Waals surface area contributed by atoms with Crippen LogP contribution in [0.2, 0.25) is 0 Å². The van der Waals surface area contributed by atoms with Gasteiger partial charge in [0.15, 0.2) is 0 Å². The fraction of sp³-hybridized carbons (Fsp3) is 0.654. The highest BCUT2D eigenvalue weighted by Crippen LogP contribution is 2.59. The zero-order valence-electron chi connectivity index (χ0n) is 20.9. The van der Waals surface area contributed by atoms with Crippen LogP contribution in [0.4, 0.5) is 0 Å². The van der Waals surface area contributed by atoms with E-state index >= 15 is 0 Å². The van der Waals surface area contributed by atoms with E-state index in [0.29, 0.717) is 43.2 Å². The molecule has 3 heterocycles. The molecule has 0 aromatic carbocycles. The number of hydrogen-bond acceptors (Lipinski definition) is 5. The Morgan fingerprint density at radius 3 is 2.28 bits per heavy atom. The Morgan fingerprint density at radius 1 is 1.03 bits per heavy atom. The molecule has 4 bridgehead atoms. The second-order valence-electron chi connectivity index (χ2n) is 11.7. The molecule has 1 N–H and O–H groups in total. The molecule has 4 aliphatic carbocycles. The zero-order chi connectivity index (χ0) is 25.1. The first-order valence-electron chi connectivity index (χ1n) is 13.2. The van der Waals surface area contributed by atoms with Gasteiger partial charge in [-0.3, -0.25) is 14.0 Å². The number of piperazine rings is 1. The largest absolute Gasteiger partial charge is 0.350 e. The summed E-state index contributed by atoms with van der Waals surface area (Å²) in [6.07, 6.45) is 11.0. The molecule has 0 spiro atoms. The molecule has 5 fully saturated rings. The molecule has 1 aliphatic heterocycles. The minimum Gasteiger partial charge on any atom is -0.350 e. The van der Waals surface area contributed by atoms with Gasteiger partial charge in [0.1, 0.15) is 11.3 Å². The summed E-state index contributed by atoms with van der Waals surface area (Å²) >= 11 is 0. The summed E-state index contributed by atoms with van der Waals surface area (Å²) in [5.41, 5.74) is 2.05. The SMILES string of the molecule is CS(=O)(=O)N1CCN(C(=O)Cc2cn3c(C(=O)NCC45CC6CC(CC(C6)C4)C5)cccc3n2)CC1. The number of amides is 2. The number of carbonyl (C=O) groups excluding carboxylic acids is 2. The third kappa shape index (κ3) is 4.53. The minimum absolute atomic E-state index is 0.0839. The second-order valence-corrected chi connectivity index (χ2v) is 13.7. The lowest BCUT2D eigenvalue weighted by atomic mass is 9.49. The van der Waals surface area contributed by atoms with Crippen LogP contribution < -0.4 is 5.32 Å². The number of fused-ring (bicyclic) bond motifs is 1. The molecule has 5 aliphatic rings. The van der Waals surface area contributed by atoms with Gasteiger partial charge < -0.3 is 10.2 Å². The van der Waals surface area contributed by atoms with E-state index < -0.39 is 10.0 Å². The summed E-state index contributed by atoms with van der Waals surface area (Å²) < 4.78 is 26.6. The van der Waals surface area contributed by atoms with Crippen LogP contribution in [0.3, 0.4) is 0 Å². The van der Waals surface area contributed by atoms with Gasteiger partial charge in [-0.2, -0.15) is 4.31 Å². The number of rotatable bonds is 6. The van der Waals surface area contributed by atoms with Crippen molar-refractivity contribution in [1.29, 1.82) is 0 Å². The lowest BCUT2D eigenvalue weighted by molar-refractivity contribution is -0.131. The van der Waals surface area contributed by atoms with Crippen LogP contribution >= 0.6 is 0 Å². The number of carbonyl (C=O) groups is 2. The fourth-order valence-electron chi connectivity index (χ4n) is 7.73. The molecular weight excluding hydrogens is 478 g/mol. The lowest BCUT2D eigenvalue weighted by Crippen LogP contribution is -2.51. The summed E-state index contributed by atoms with van der Waals surface area (Å²) in [6.45, 7) is 2.10.